The Morgan fingerprint density at radius 3 is 2.62 bits per heavy atom. The average molecular weight is 433 g/mol. The van der Waals surface area contributed by atoms with Crippen LogP contribution in [0.1, 0.15) is 44.8 Å². The lowest BCUT2D eigenvalue weighted by atomic mass is 9.86. The average Bonchev–Trinajstić information content (AvgIpc) is 3.31. The summed E-state index contributed by atoms with van der Waals surface area (Å²) in [5.74, 6) is 1.08. The number of nitrogens with one attached hydrogen (secondary N) is 1. The van der Waals surface area contributed by atoms with E-state index in [1.165, 1.54) is 19.3 Å². The number of benzene rings is 2. The molecule has 2 fully saturated rings. The van der Waals surface area contributed by atoms with Crippen molar-refractivity contribution in [2.75, 3.05) is 6.61 Å². The zero-order valence-electron chi connectivity index (χ0n) is 18.4. The number of esters is 1. The minimum atomic E-state index is -1.01. The number of ether oxygens (including phenoxy) is 2. The molecule has 6 nitrogen and oxygen atoms in total. The monoisotopic (exact) mass is 432 g/mol. The van der Waals surface area contributed by atoms with Gasteiger partial charge in [0, 0.05) is 17.2 Å². The summed E-state index contributed by atoms with van der Waals surface area (Å²) >= 11 is 0. The zero-order valence-corrected chi connectivity index (χ0v) is 18.4. The van der Waals surface area contributed by atoms with Gasteiger partial charge in [-0.05, 0) is 48.6 Å². The smallest absolute Gasteiger partial charge is 0.315 e. The molecule has 2 atom stereocenters. The Bertz CT molecular complexity index is 1020. The van der Waals surface area contributed by atoms with Gasteiger partial charge in [-0.1, -0.05) is 50.6 Å². The van der Waals surface area contributed by atoms with Gasteiger partial charge in [0.1, 0.15) is 17.6 Å². The van der Waals surface area contributed by atoms with Gasteiger partial charge in [-0.15, -0.1) is 0 Å². The molecule has 2 saturated carbocycles. The number of para-hydroxylation sites is 1. The maximum Gasteiger partial charge on any atom is 0.315 e. The molecule has 166 valence electrons. The molecule has 0 aliphatic heterocycles. The first-order chi connectivity index (χ1) is 15.5. The molecule has 0 aromatic heterocycles. The maximum atomic E-state index is 12.8. The Labute approximate surface area is 188 Å². The van der Waals surface area contributed by atoms with Gasteiger partial charge in [0.15, 0.2) is 0 Å². The fraction of sp³-hybridized carbons (Fsp3) is 0.385. The lowest BCUT2D eigenvalue weighted by Gasteiger charge is -2.24. The summed E-state index contributed by atoms with van der Waals surface area (Å²) in [4.78, 5) is 18.3. The van der Waals surface area contributed by atoms with Crippen LogP contribution in [0, 0.1) is 28.6 Å². The van der Waals surface area contributed by atoms with Crippen LogP contribution in [0.5, 0.6) is 11.5 Å². The highest BCUT2D eigenvalue weighted by atomic mass is 16.6. The molecule has 0 radical (unpaired) electrons. The van der Waals surface area contributed by atoms with Gasteiger partial charge in [-0.2, -0.15) is 5.26 Å². The summed E-state index contributed by atoms with van der Waals surface area (Å²) in [5.41, 5.74) is 4.01. The third kappa shape index (κ3) is 4.95. The molecule has 1 unspecified atom stereocenters. The molecule has 0 saturated heterocycles. The summed E-state index contributed by atoms with van der Waals surface area (Å²) in [7, 11) is 0. The summed E-state index contributed by atoms with van der Waals surface area (Å²) in [6.45, 7) is 4.64. The van der Waals surface area contributed by atoms with E-state index in [1.54, 1.807) is 30.5 Å². The van der Waals surface area contributed by atoms with Crippen molar-refractivity contribution in [1.82, 2.24) is 5.48 Å². The van der Waals surface area contributed by atoms with Crippen molar-refractivity contribution < 1.29 is 19.1 Å². The van der Waals surface area contributed by atoms with Crippen LogP contribution in [-0.4, -0.2) is 12.6 Å². The third-order valence-electron chi connectivity index (χ3n) is 6.26. The first-order valence-electron chi connectivity index (χ1n) is 11.0. The van der Waals surface area contributed by atoms with Gasteiger partial charge in [0.05, 0.1) is 12.5 Å². The summed E-state index contributed by atoms with van der Waals surface area (Å²) < 4.78 is 11.4. The molecule has 1 N–H and O–H groups in total. The molecular formula is C26H28N2O4. The number of nitriles is 1. The number of hydrogen-bond donors (Lipinski definition) is 1. The molecule has 2 aromatic carbocycles. The van der Waals surface area contributed by atoms with Crippen molar-refractivity contribution in [3.63, 3.8) is 0 Å². The van der Waals surface area contributed by atoms with E-state index in [-0.39, 0.29) is 5.41 Å². The van der Waals surface area contributed by atoms with Gasteiger partial charge >= 0.3 is 5.97 Å². The van der Waals surface area contributed by atoms with Crippen LogP contribution in [-0.2, 0) is 14.4 Å². The Morgan fingerprint density at radius 2 is 1.94 bits per heavy atom. The first-order valence-corrected chi connectivity index (χ1v) is 11.0. The van der Waals surface area contributed by atoms with Crippen LogP contribution in [0.3, 0.4) is 0 Å². The van der Waals surface area contributed by atoms with E-state index in [1.807, 2.05) is 44.2 Å². The molecule has 0 spiro atoms. The fourth-order valence-corrected chi connectivity index (χ4v) is 3.92. The highest BCUT2D eigenvalue weighted by Crippen LogP contribution is 2.58. The van der Waals surface area contributed by atoms with E-state index < -0.39 is 18.0 Å². The SMILES string of the molecule is CC1(C)C(=CNOCC2CCC2)[C@H]1C(=O)OC(C#N)c1cccc(Oc2ccccc2)c1. The Balaban J connectivity index is 1.36. The number of carbonyl (C=O) groups is 1. The van der Waals surface area contributed by atoms with Gasteiger partial charge in [-0.25, -0.2) is 0 Å². The second-order valence-electron chi connectivity index (χ2n) is 8.91. The summed E-state index contributed by atoms with van der Waals surface area (Å²) in [5, 5.41) is 9.65. The Morgan fingerprint density at radius 1 is 1.19 bits per heavy atom. The van der Waals surface area contributed by atoms with E-state index >= 15 is 0 Å². The summed E-state index contributed by atoms with van der Waals surface area (Å²) in [6, 6.07) is 18.5. The van der Waals surface area contributed by atoms with Crippen molar-refractivity contribution in [3.8, 4) is 17.6 Å². The molecule has 6 heteroatoms. The van der Waals surface area contributed by atoms with Crippen LogP contribution in [0.4, 0.5) is 0 Å². The van der Waals surface area contributed by atoms with Crippen LogP contribution >= 0.6 is 0 Å². The number of nitrogens with zero attached hydrogens (tertiary/aromatic N) is 1. The maximum absolute atomic E-state index is 12.8. The first kappa shape index (κ1) is 21.9. The topological polar surface area (TPSA) is 80.6 Å². The van der Waals surface area contributed by atoms with Gasteiger partial charge < -0.3 is 9.47 Å². The van der Waals surface area contributed by atoms with Gasteiger partial charge in [0.2, 0.25) is 6.10 Å². The molecule has 2 aliphatic carbocycles. The lowest BCUT2D eigenvalue weighted by molar-refractivity contribution is -0.149. The summed E-state index contributed by atoms with van der Waals surface area (Å²) in [6.07, 6.45) is 4.44. The van der Waals surface area contributed by atoms with Crippen LogP contribution in [0.25, 0.3) is 0 Å². The van der Waals surface area contributed by atoms with Crippen molar-refractivity contribution in [3.05, 3.63) is 71.9 Å². The van der Waals surface area contributed by atoms with Crippen molar-refractivity contribution in [2.45, 2.75) is 39.2 Å². The molecule has 4 rings (SSSR count). The van der Waals surface area contributed by atoms with Crippen molar-refractivity contribution in [1.29, 1.82) is 5.26 Å². The molecule has 2 aromatic rings. The number of hydroxylamine groups is 1. The highest BCUT2D eigenvalue weighted by molar-refractivity contribution is 5.84. The lowest BCUT2D eigenvalue weighted by Crippen LogP contribution is -2.21. The van der Waals surface area contributed by atoms with Crippen LogP contribution in [0.15, 0.2) is 66.4 Å². The van der Waals surface area contributed by atoms with E-state index in [2.05, 4.69) is 11.5 Å². The van der Waals surface area contributed by atoms with E-state index in [0.29, 0.717) is 29.6 Å². The minimum Gasteiger partial charge on any atom is -0.457 e. The predicted molar refractivity (Wildman–Crippen MR) is 119 cm³/mol. The molecule has 0 heterocycles. The molecule has 0 bridgehead atoms. The van der Waals surface area contributed by atoms with Crippen LogP contribution in [0.2, 0.25) is 0 Å². The van der Waals surface area contributed by atoms with Crippen molar-refractivity contribution in [2.24, 2.45) is 17.3 Å². The van der Waals surface area contributed by atoms with E-state index in [9.17, 15) is 10.1 Å². The van der Waals surface area contributed by atoms with E-state index in [4.69, 9.17) is 14.3 Å². The second kappa shape index (κ2) is 9.46. The normalized spacial score (nSPS) is 21.2. The van der Waals surface area contributed by atoms with Gasteiger partial charge in [0.25, 0.3) is 0 Å². The van der Waals surface area contributed by atoms with Crippen molar-refractivity contribution >= 4 is 5.97 Å². The second-order valence-corrected chi connectivity index (χ2v) is 8.91. The van der Waals surface area contributed by atoms with Gasteiger partial charge in [-0.3, -0.25) is 15.1 Å². The molecule has 32 heavy (non-hydrogen) atoms. The third-order valence-corrected chi connectivity index (χ3v) is 6.26. The molecular weight excluding hydrogens is 404 g/mol. The van der Waals surface area contributed by atoms with Crippen LogP contribution < -0.4 is 10.2 Å². The molecule has 0 amide bonds. The fourth-order valence-electron chi connectivity index (χ4n) is 3.92. The number of hydrogen-bond acceptors (Lipinski definition) is 6. The van der Waals surface area contributed by atoms with E-state index in [0.717, 1.165) is 5.57 Å². The Hall–Kier alpha value is -3.30. The minimum absolute atomic E-state index is 0.331. The standard InChI is InChI=1S/C26H28N2O4/c1-26(2)22(16-28-30-17-18-8-6-9-18)24(26)25(29)32-23(15-27)19-10-7-13-21(14-19)31-20-11-4-3-5-12-20/h3-5,7,10-14,16,18,23-24,28H,6,8-9,17H2,1-2H3/t23?,24-/m0/s1. The highest BCUT2D eigenvalue weighted by Gasteiger charge is 2.58. The number of rotatable bonds is 9. The number of carbonyl (C=O) groups excluding carboxylic acids is 1. The zero-order chi connectivity index (χ0) is 22.6. The quantitative estimate of drug-likeness (QED) is 0.322. The predicted octanol–water partition coefficient (Wildman–Crippen LogP) is 5.45. The Kier molecular flexibility index (Phi) is 6.48. The molecule has 2 aliphatic rings. The largest absolute Gasteiger partial charge is 0.457 e.